The van der Waals surface area contributed by atoms with Crippen LogP contribution in [0, 0.1) is 12.3 Å². The highest BCUT2D eigenvalue weighted by molar-refractivity contribution is 9.10. The van der Waals surface area contributed by atoms with Gasteiger partial charge in [0.2, 0.25) is 0 Å². The third-order valence-corrected chi connectivity index (χ3v) is 7.49. The zero-order valence-electron chi connectivity index (χ0n) is 21.2. The summed E-state index contributed by atoms with van der Waals surface area (Å²) >= 11 is 7.05. The van der Waals surface area contributed by atoms with Crippen LogP contribution in [0.25, 0.3) is 21.8 Å². The number of nitrogens with one attached hydrogen (secondary N) is 1. The molecule has 5 nitrogen and oxygen atoms in total. The van der Waals surface area contributed by atoms with Gasteiger partial charge in [-0.1, -0.05) is 49.9 Å². The van der Waals surface area contributed by atoms with E-state index in [2.05, 4.69) is 43.1 Å². The number of aromatic nitrogens is 1. The molecule has 0 spiro atoms. The number of ketones is 1. The van der Waals surface area contributed by atoms with Crippen LogP contribution in [0.2, 0.25) is 0 Å². The molecule has 5 aromatic rings. The van der Waals surface area contributed by atoms with Gasteiger partial charge in [0.1, 0.15) is 18.5 Å². The fourth-order valence-electron chi connectivity index (χ4n) is 4.58. The summed E-state index contributed by atoms with van der Waals surface area (Å²) in [6, 6.07) is 24.8. The zero-order valence-corrected chi connectivity index (χ0v) is 24.3. The van der Waals surface area contributed by atoms with Gasteiger partial charge < -0.3 is 14.6 Å². The maximum Gasteiger partial charge on any atom is 0.251 e. The second kappa shape index (κ2) is 12.1. The summed E-state index contributed by atoms with van der Waals surface area (Å²) in [5.74, 6) is 2.36. The number of alkyl halides is 1. The number of ether oxygens (including phenoxy) is 1. The molecule has 0 saturated carbocycles. The predicted octanol–water partition coefficient (Wildman–Crippen LogP) is 7.33. The van der Waals surface area contributed by atoms with Crippen LogP contribution in [0.1, 0.15) is 26.3 Å². The summed E-state index contributed by atoms with van der Waals surface area (Å²) in [5.41, 5.74) is 3.09. The minimum absolute atomic E-state index is 0.0869. The molecule has 0 bridgehead atoms. The van der Waals surface area contributed by atoms with Crippen LogP contribution >= 0.6 is 31.9 Å². The zero-order chi connectivity index (χ0) is 28.2. The first-order chi connectivity index (χ1) is 19.3. The van der Waals surface area contributed by atoms with Gasteiger partial charge in [0.05, 0.1) is 13.1 Å². The Kier molecular flexibility index (Phi) is 8.34. The Morgan fingerprint density at radius 1 is 0.850 bits per heavy atom. The van der Waals surface area contributed by atoms with Crippen molar-refractivity contribution in [2.45, 2.75) is 12.7 Å². The van der Waals surface area contributed by atoms with E-state index in [0.29, 0.717) is 22.4 Å². The highest BCUT2D eigenvalue weighted by atomic mass is 79.9. The van der Waals surface area contributed by atoms with Gasteiger partial charge in [0, 0.05) is 47.4 Å². The molecule has 1 aromatic heterocycles. The first-order valence-electron chi connectivity index (χ1n) is 12.4. The van der Waals surface area contributed by atoms with Gasteiger partial charge in [-0.15, -0.1) is 6.42 Å². The quantitative estimate of drug-likeness (QED) is 0.133. The molecule has 0 fully saturated rings. The van der Waals surface area contributed by atoms with Gasteiger partial charge in [-0.2, -0.15) is 0 Å². The maximum absolute atomic E-state index is 15.2. The van der Waals surface area contributed by atoms with Crippen molar-refractivity contribution in [2.75, 3.05) is 13.2 Å². The van der Waals surface area contributed by atoms with Gasteiger partial charge >= 0.3 is 0 Å². The van der Waals surface area contributed by atoms with Crippen molar-refractivity contribution in [1.82, 2.24) is 9.88 Å². The first kappa shape index (κ1) is 27.6. The van der Waals surface area contributed by atoms with E-state index < -0.39 is 12.1 Å². The van der Waals surface area contributed by atoms with Crippen LogP contribution in [0.15, 0.2) is 93.9 Å². The number of hydrogen-bond acceptors (Lipinski definition) is 3. The third-order valence-electron chi connectivity index (χ3n) is 6.50. The van der Waals surface area contributed by atoms with E-state index in [4.69, 9.17) is 11.2 Å². The van der Waals surface area contributed by atoms with Crippen LogP contribution in [-0.2, 0) is 6.54 Å². The molecule has 1 N–H and O–H groups in total. The van der Waals surface area contributed by atoms with Gasteiger partial charge in [-0.05, 0) is 72.8 Å². The fourth-order valence-corrected chi connectivity index (χ4v) is 5.30. The smallest absolute Gasteiger partial charge is 0.251 e. The van der Waals surface area contributed by atoms with Crippen LogP contribution in [0.3, 0.4) is 0 Å². The molecule has 1 amide bonds. The molecule has 8 heteroatoms. The lowest BCUT2D eigenvalue weighted by Crippen LogP contribution is -2.32. The van der Waals surface area contributed by atoms with Crippen LogP contribution in [0.5, 0.6) is 5.75 Å². The number of benzene rings is 4. The molecule has 1 unspecified atom stereocenters. The van der Waals surface area contributed by atoms with Crippen molar-refractivity contribution >= 4 is 65.4 Å². The van der Waals surface area contributed by atoms with Crippen molar-refractivity contribution in [2.24, 2.45) is 0 Å². The van der Waals surface area contributed by atoms with E-state index in [-0.39, 0.29) is 25.5 Å². The van der Waals surface area contributed by atoms with Crippen LogP contribution in [0.4, 0.5) is 4.39 Å². The number of carbonyl (C=O) groups is 2. The number of nitrogens with zero attached hydrogens (tertiary/aromatic N) is 1. The normalized spacial score (nSPS) is 11.8. The summed E-state index contributed by atoms with van der Waals surface area (Å²) in [6.07, 6.45) is 3.87. The molecule has 1 heterocycles. The summed E-state index contributed by atoms with van der Waals surface area (Å²) in [7, 11) is 0. The Hall–Kier alpha value is -3.93. The molecule has 0 radical (unpaired) electrons. The van der Waals surface area contributed by atoms with E-state index >= 15 is 4.39 Å². The molecular weight excluding hydrogens is 639 g/mol. The Bertz CT molecular complexity index is 1700. The lowest BCUT2D eigenvalue weighted by atomic mass is 10.0. The van der Waals surface area contributed by atoms with Gasteiger partial charge in [-0.3, -0.25) is 9.59 Å². The standard InChI is InChI=1S/C32H23Br2FN2O3/c1-2-15-40-26-11-7-21(8-12-26)31(38)20-3-5-22(6-4-20)32(39)36-18-25(35)19-37-29-13-9-23(33)16-27(29)28-17-24(34)10-14-30(28)37/h1,3-14,16-17,25H,15,18-19H2,(H,36,39). The lowest BCUT2D eigenvalue weighted by molar-refractivity contribution is 0.0938. The summed E-state index contributed by atoms with van der Waals surface area (Å²) < 4.78 is 24.4. The molecule has 1 atom stereocenters. The lowest BCUT2D eigenvalue weighted by Gasteiger charge is -2.13. The van der Waals surface area contributed by atoms with E-state index in [1.54, 1.807) is 48.5 Å². The third kappa shape index (κ3) is 5.96. The number of terminal acetylenes is 1. The summed E-state index contributed by atoms with van der Waals surface area (Å²) in [5, 5.41) is 4.71. The van der Waals surface area contributed by atoms with Crippen molar-refractivity contribution in [3.05, 3.63) is 111 Å². The summed E-state index contributed by atoms with van der Waals surface area (Å²) in [6.45, 7) is 0.0852. The van der Waals surface area contributed by atoms with E-state index in [0.717, 1.165) is 30.8 Å². The average Bonchev–Trinajstić information content (AvgIpc) is 3.26. The largest absolute Gasteiger partial charge is 0.481 e. The molecule has 0 aliphatic carbocycles. The second-order valence-corrected chi connectivity index (χ2v) is 11.0. The van der Waals surface area contributed by atoms with Crippen LogP contribution in [-0.4, -0.2) is 35.6 Å². The number of amides is 1. The minimum atomic E-state index is -1.32. The Morgan fingerprint density at radius 2 is 1.38 bits per heavy atom. The Morgan fingerprint density at radius 3 is 1.93 bits per heavy atom. The molecule has 0 aliphatic rings. The molecule has 40 heavy (non-hydrogen) atoms. The molecule has 0 aliphatic heterocycles. The van der Waals surface area contributed by atoms with Gasteiger partial charge in [-0.25, -0.2) is 4.39 Å². The average molecular weight is 662 g/mol. The van der Waals surface area contributed by atoms with Crippen molar-refractivity contribution in [3.63, 3.8) is 0 Å². The molecule has 0 saturated heterocycles. The number of fused-ring (bicyclic) bond motifs is 3. The van der Waals surface area contributed by atoms with Crippen molar-refractivity contribution in [1.29, 1.82) is 0 Å². The highest BCUT2D eigenvalue weighted by Crippen LogP contribution is 2.33. The minimum Gasteiger partial charge on any atom is -0.481 e. The Balaban J connectivity index is 1.23. The highest BCUT2D eigenvalue weighted by Gasteiger charge is 2.17. The topological polar surface area (TPSA) is 60.3 Å². The Labute approximate surface area is 247 Å². The monoisotopic (exact) mass is 660 g/mol. The summed E-state index contributed by atoms with van der Waals surface area (Å²) in [4.78, 5) is 25.5. The number of rotatable bonds is 9. The van der Waals surface area contributed by atoms with Crippen molar-refractivity contribution in [3.8, 4) is 18.1 Å². The van der Waals surface area contributed by atoms with Crippen LogP contribution < -0.4 is 10.1 Å². The van der Waals surface area contributed by atoms with Gasteiger partial charge in [0.25, 0.3) is 5.91 Å². The van der Waals surface area contributed by atoms with E-state index in [1.165, 1.54) is 0 Å². The molecular formula is C32H23Br2FN2O3. The molecule has 4 aromatic carbocycles. The maximum atomic E-state index is 15.2. The predicted molar refractivity (Wildman–Crippen MR) is 163 cm³/mol. The number of hydrogen-bond donors (Lipinski definition) is 1. The van der Waals surface area contributed by atoms with Gasteiger partial charge in [0.15, 0.2) is 5.78 Å². The van der Waals surface area contributed by atoms with E-state index in [9.17, 15) is 9.59 Å². The van der Waals surface area contributed by atoms with E-state index in [1.807, 2.05) is 41.0 Å². The van der Waals surface area contributed by atoms with Crippen molar-refractivity contribution < 1.29 is 18.7 Å². The molecule has 200 valence electrons. The first-order valence-corrected chi connectivity index (χ1v) is 14.0. The number of halogens is 3. The fraction of sp³-hybridized carbons (Fsp3) is 0.125. The number of carbonyl (C=O) groups excluding carboxylic acids is 2. The second-order valence-electron chi connectivity index (χ2n) is 9.16. The molecule has 5 rings (SSSR count). The SMILES string of the molecule is C#CCOc1ccc(C(=O)c2ccc(C(=O)NCC(F)Cn3c4ccc(Br)cc4c4cc(Br)ccc43)cc2)cc1.